The molecule has 8 nitrogen and oxygen atoms in total. The highest BCUT2D eigenvalue weighted by Crippen LogP contribution is 2.41. The molecule has 2 fully saturated rings. The molecule has 8 heteroatoms. The van der Waals surface area contributed by atoms with Crippen molar-refractivity contribution in [3.05, 3.63) is 29.1 Å². The zero-order chi connectivity index (χ0) is 21.3. The summed E-state index contributed by atoms with van der Waals surface area (Å²) >= 11 is 0. The van der Waals surface area contributed by atoms with Crippen molar-refractivity contribution in [2.45, 2.75) is 72.2 Å². The molecule has 0 unspecified atom stereocenters. The van der Waals surface area contributed by atoms with Crippen LogP contribution in [0.5, 0.6) is 0 Å². The normalized spacial score (nSPS) is 27.1. The van der Waals surface area contributed by atoms with E-state index in [0.717, 1.165) is 70.0 Å². The molecule has 0 radical (unpaired) electrons. The number of aliphatic hydroxyl groups excluding tert-OH is 1. The van der Waals surface area contributed by atoms with Crippen LogP contribution in [0.25, 0.3) is 0 Å². The predicted molar refractivity (Wildman–Crippen MR) is 116 cm³/mol. The second-order valence-electron chi connectivity index (χ2n) is 9.08. The monoisotopic (exact) mass is 415 g/mol. The lowest BCUT2D eigenvalue weighted by molar-refractivity contribution is 0.0298. The zero-order valence-electron chi connectivity index (χ0n) is 18.9. The number of likely N-dealkylation sites (tertiary alicyclic amines) is 1. The van der Waals surface area contributed by atoms with Crippen molar-refractivity contribution in [3.8, 4) is 0 Å². The maximum Gasteiger partial charge on any atom is 0.106 e. The number of nitrogens with zero attached hydrogens (tertiary/aromatic N) is 6. The van der Waals surface area contributed by atoms with Crippen molar-refractivity contribution in [3.63, 3.8) is 0 Å². The number of hydrogen-bond acceptors (Lipinski definition) is 6. The summed E-state index contributed by atoms with van der Waals surface area (Å²) in [6, 6.07) is 0.0305. The quantitative estimate of drug-likeness (QED) is 0.687. The third-order valence-corrected chi connectivity index (χ3v) is 7.11. The number of aryl methyl sites for hydroxylation is 2. The average Bonchev–Trinajstić information content (AvgIpc) is 3.44. The first-order chi connectivity index (χ1) is 14.5. The molecule has 0 spiro atoms. The standard InChI is InChI=1S/C22H37N7O/c1-5-22-23-15(4)19(24-22)14-28-10-16-8-20(21(30)9-17(16)11-28)29-13-18(25-26-29)12-27(6-2)7-3/h13,16-17,20-21,30H,5-12,14H2,1-4H3,(H,23,24)/t16-,17+,20-,21-/m1/s1. The number of imidazole rings is 1. The molecule has 2 aromatic rings. The molecule has 4 rings (SSSR count). The first kappa shape index (κ1) is 21.5. The number of hydrogen-bond donors (Lipinski definition) is 2. The van der Waals surface area contributed by atoms with E-state index in [4.69, 9.17) is 4.98 Å². The smallest absolute Gasteiger partial charge is 0.106 e. The van der Waals surface area contributed by atoms with Crippen molar-refractivity contribution in [2.75, 3.05) is 26.2 Å². The van der Waals surface area contributed by atoms with Gasteiger partial charge in [0.05, 0.1) is 29.7 Å². The van der Waals surface area contributed by atoms with Gasteiger partial charge < -0.3 is 10.1 Å². The van der Waals surface area contributed by atoms with E-state index >= 15 is 0 Å². The van der Waals surface area contributed by atoms with Crippen LogP contribution in [0.4, 0.5) is 0 Å². The van der Waals surface area contributed by atoms with Gasteiger partial charge in [-0.1, -0.05) is 26.0 Å². The molecule has 1 aliphatic heterocycles. The first-order valence-corrected chi connectivity index (χ1v) is 11.6. The largest absolute Gasteiger partial charge is 0.391 e. The van der Waals surface area contributed by atoms with Crippen LogP contribution in [0.1, 0.15) is 62.6 Å². The topological polar surface area (TPSA) is 86.1 Å². The van der Waals surface area contributed by atoms with E-state index in [1.54, 1.807) is 0 Å². The van der Waals surface area contributed by atoms with Gasteiger partial charge in [-0.15, -0.1) is 5.10 Å². The van der Waals surface area contributed by atoms with Gasteiger partial charge in [0.2, 0.25) is 0 Å². The van der Waals surface area contributed by atoms with Gasteiger partial charge in [0.1, 0.15) is 5.82 Å². The lowest BCUT2D eigenvalue weighted by atomic mass is 9.77. The number of aliphatic hydroxyl groups is 1. The maximum absolute atomic E-state index is 10.9. The fourth-order valence-electron chi connectivity index (χ4n) is 5.24. The van der Waals surface area contributed by atoms with Crippen molar-refractivity contribution in [1.82, 2.24) is 34.8 Å². The van der Waals surface area contributed by atoms with E-state index in [1.165, 1.54) is 11.4 Å². The molecular formula is C22H37N7O. The Morgan fingerprint density at radius 3 is 2.57 bits per heavy atom. The molecule has 1 aliphatic carbocycles. The van der Waals surface area contributed by atoms with E-state index in [2.05, 4.69) is 52.8 Å². The van der Waals surface area contributed by atoms with Crippen LogP contribution >= 0.6 is 0 Å². The average molecular weight is 416 g/mol. The molecule has 2 aromatic heterocycles. The molecule has 2 N–H and O–H groups in total. The van der Waals surface area contributed by atoms with Crippen molar-refractivity contribution >= 4 is 0 Å². The van der Waals surface area contributed by atoms with Crippen LogP contribution in [0.3, 0.4) is 0 Å². The molecule has 3 heterocycles. The number of aromatic nitrogens is 5. The van der Waals surface area contributed by atoms with E-state index in [-0.39, 0.29) is 12.1 Å². The second-order valence-corrected chi connectivity index (χ2v) is 9.08. The van der Waals surface area contributed by atoms with Gasteiger partial charge >= 0.3 is 0 Å². The van der Waals surface area contributed by atoms with Crippen LogP contribution in [-0.2, 0) is 19.5 Å². The lowest BCUT2D eigenvalue weighted by Crippen LogP contribution is -2.36. The summed E-state index contributed by atoms with van der Waals surface area (Å²) < 4.78 is 1.92. The molecule has 4 atom stereocenters. The number of fused-ring (bicyclic) bond motifs is 1. The van der Waals surface area contributed by atoms with Crippen LogP contribution in [0, 0.1) is 18.8 Å². The van der Waals surface area contributed by atoms with Crippen LogP contribution < -0.4 is 0 Å². The Labute approximate surface area is 179 Å². The fourth-order valence-corrected chi connectivity index (χ4v) is 5.24. The summed E-state index contributed by atoms with van der Waals surface area (Å²) in [5.41, 5.74) is 3.34. The van der Waals surface area contributed by atoms with Gasteiger partial charge in [-0.3, -0.25) is 9.80 Å². The third-order valence-electron chi connectivity index (χ3n) is 7.11. The van der Waals surface area contributed by atoms with E-state index in [1.807, 2.05) is 10.9 Å². The summed E-state index contributed by atoms with van der Waals surface area (Å²) in [7, 11) is 0. The SMILES string of the molecule is CCc1nc(CN2C[C@H]3C[C@@H](n4cc(CN(CC)CC)nn4)[C@H](O)C[C@H]3C2)c(C)[nH]1. The maximum atomic E-state index is 10.9. The fraction of sp³-hybridized carbons (Fsp3) is 0.773. The van der Waals surface area contributed by atoms with E-state index in [9.17, 15) is 5.11 Å². The molecule has 0 amide bonds. The summed E-state index contributed by atoms with van der Waals surface area (Å²) in [5.74, 6) is 2.22. The molecule has 166 valence electrons. The Balaban J connectivity index is 1.39. The summed E-state index contributed by atoms with van der Waals surface area (Å²) in [6.45, 7) is 14.4. The summed E-state index contributed by atoms with van der Waals surface area (Å²) in [5, 5.41) is 19.6. The Morgan fingerprint density at radius 2 is 1.90 bits per heavy atom. The Morgan fingerprint density at radius 1 is 1.17 bits per heavy atom. The molecular weight excluding hydrogens is 378 g/mol. The number of nitrogens with one attached hydrogen (secondary N) is 1. The molecule has 2 aliphatic rings. The zero-order valence-corrected chi connectivity index (χ0v) is 18.9. The highest BCUT2D eigenvalue weighted by molar-refractivity contribution is 5.13. The van der Waals surface area contributed by atoms with Gasteiger partial charge in [-0.25, -0.2) is 9.67 Å². The van der Waals surface area contributed by atoms with E-state index < -0.39 is 0 Å². The lowest BCUT2D eigenvalue weighted by Gasteiger charge is -2.35. The van der Waals surface area contributed by atoms with Crippen LogP contribution in [0.2, 0.25) is 0 Å². The first-order valence-electron chi connectivity index (χ1n) is 11.6. The third kappa shape index (κ3) is 4.45. The van der Waals surface area contributed by atoms with Gasteiger partial charge in [-0.2, -0.15) is 0 Å². The molecule has 1 saturated carbocycles. The highest BCUT2D eigenvalue weighted by Gasteiger charge is 2.42. The Kier molecular flexibility index (Phi) is 6.55. The van der Waals surface area contributed by atoms with Gasteiger partial charge in [0.25, 0.3) is 0 Å². The van der Waals surface area contributed by atoms with Crippen molar-refractivity contribution in [2.24, 2.45) is 11.8 Å². The minimum Gasteiger partial charge on any atom is -0.391 e. The molecule has 1 saturated heterocycles. The number of aromatic amines is 1. The second kappa shape index (κ2) is 9.16. The van der Waals surface area contributed by atoms with Crippen molar-refractivity contribution < 1.29 is 5.11 Å². The Bertz CT molecular complexity index is 827. The van der Waals surface area contributed by atoms with Gasteiger partial charge in [0.15, 0.2) is 0 Å². The minimum absolute atomic E-state index is 0.0305. The van der Waals surface area contributed by atoms with Gasteiger partial charge in [0, 0.05) is 38.3 Å². The summed E-state index contributed by atoms with van der Waals surface area (Å²) in [4.78, 5) is 13.0. The van der Waals surface area contributed by atoms with E-state index in [0.29, 0.717) is 11.8 Å². The highest BCUT2D eigenvalue weighted by atomic mass is 16.3. The Hall–Kier alpha value is -1.77. The number of rotatable bonds is 8. The molecule has 0 bridgehead atoms. The van der Waals surface area contributed by atoms with Crippen LogP contribution in [-0.4, -0.2) is 72.2 Å². The molecule has 0 aromatic carbocycles. The predicted octanol–water partition coefficient (Wildman–Crippen LogP) is 2.16. The summed E-state index contributed by atoms with van der Waals surface area (Å²) in [6.07, 6.45) is 4.44. The number of H-pyrrole nitrogens is 1. The minimum atomic E-state index is -0.354. The van der Waals surface area contributed by atoms with Gasteiger partial charge in [-0.05, 0) is 44.7 Å². The molecule has 30 heavy (non-hydrogen) atoms. The van der Waals surface area contributed by atoms with Crippen molar-refractivity contribution in [1.29, 1.82) is 0 Å². The van der Waals surface area contributed by atoms with Crippen LogP contribution in [0.15, 0.2) is 6.20 Å².